The van der Waals surface area contributed by atoms with Crippen molar-refractivity contribution in [2.24, 2.45) is 5.73 Å². The zero-order valence-corrected chi connectivity index (χ0v) is 20.7. The molecule has 3 heterocycles. The standard InChI is InChI=1S/C16H24N4O3.C7H5F3O.C2H6/c17-4-2-1-3-5-19-16(21)14-6-10-11-7-22-8-12(11)15(18)20-13(10)9-23-14;8-7(9,10)5-2-1-3-6(11)4-5;1-2/h14H,1-9,17H2,(H2,18,20)(H,19,21);1-4,11H;1-2H3. The fourth-order valence-corrected chi connectivity index (χ4v) is 3.79. The quantitative estimate of drug-likeness (QED) is 0.433. The van der Waals surface area contributed by atoms with Crippen molar-refractivity contribution >= 4 is 11.7 Å². The third-order valence-electron chi connectivity index (χ3n) is 5.59. The van der Waals surface area contributed by atoms with E-state index in [1.807, 2.05) is 13.8 Å². The number of nitrogens with two attached hydrogens (primary N) is 2. The molecule has 200 valence electrons. The number of pyridine rings is 1. The first kappa shape index (κ1) is 29.3. The van der Waals surface area contributed by atoms with Gasteiger partial charge >= 0.3 is 6.18 Å². The Bertz CT molecular complexity index is 1000. The number of nitrogens with zero attached hydrogens (tertiary/aromatic N) is 1. The summed E-state index contributed by atoms with van der Waals surface area (Å²) in [6, 6.07) is 3.92. The van der Waals surface area contributed by atoms with Gasteiger partial charge in [-0.2, -0.15) is 13.2 Å². The highest BCUT2D eigenvalue weighted by Crippen LogP contribution is 2.33. The number of anilines is 1. The van der Waals surface area contributed by atoms with Crippen molar-refractivity contribution in [2.75, 3.05) is 18.8 Å². The Hall–Kier alpha value is -2.89. The minimum atomic E-state index is -4.38. The Morgan fingerprint density at radius 3 is 2.50 bits per heavy atom. The Kier molecular flexibility index (Phi) is 11.4. The molecule has 8 nitrogen and oxygen atoms in total. The van der Waals surface area contributed by atoms with Gasteiger partial charge in [0.05, 0.1) is 31.1 Å². The molecule has 1 unspecified atom stereocenters. The number of hydrogen-bond donors (Lipinski definition) is 4. The van der Waals surface area contributed by atoms with Gasteiger partial charge in [-0.1, -0.05) is 26.3 Å². The van der Waals surface area contributed by atoms with E-state index in [9.17, 15) is 18.0 Å². The molecular weight excluding hydrogens is 477 g/mol. The van der Waals surface area contributed by atoms with Gasteiger partial charge < -0.3 is 31.4 Å². The number of carbonyl (C=O) groups excluding carboxylic acids is 1. The van der Waals surface area contributed by atoms with Gasteiger partial charge in [0.25, 0.3) is 0 Å². The lowest BCUT2D eigenvalue weighted by molar-refractivity contribution is -0.137. The molecule has 11 heteroatoms. The summed E-state index contributed by atoms with van der Waals surface area (Å²) in [5, 5.41) is 11.6. The molecule has 0 saturated carbocycles. The molecule has 0 radical (unpaired) electrons. The number of nitrogen functional groups attached to an aromatic ring is 1. The number of benzene rings is 1. The van der Waals surface area contributed by atoms with Crippen LogP contribution in [0.5, 0.6) is 5.75 Å². The number of fused-ring (bicyclic) bond motifs is 3. The zero-order valence-electron chi connectivity index (χ0n) is 20.7. The van der Waals surface area contributed by atoms with E-state index in [1.54, 1.807) is 0 Å². The number of phenols is 1. The number of nitrogens with one attached hydrogen (secondary N) is 1. The van der Waals surface area contributed by atoms with Crippen LogP contribution in [-0.2, 0) is 46.7 Å². The zero-order chi connectivity index (χ0) is 26.7. The SMILES string of the molecule is CC.NCCCCCNC(=O)C1Cc2c(nc(N)c3c2COC3)CO1.Oc1cccc(C(F)(F)F)c1. The highest BCUT2D eigenvalue weighted by atomic mass is 19.4. The number of ether oxygens (including phenoxy) is 2. The van der Waals surface area contributed by atoms with E-state index in [-0.39, 0.29) is 11.7 Å². The largest absolute Gasteiger partial charge is 0.508 e. The van der Waals surface area contributed by atoms with Gasteiger partial charge in [0, 0.05) is 18.5 Å². The number of halogens is 3. The van der Waals surface area contributed by atoms with Crippen molar-refractivity contribution in [1.29, 1.82) is 0 Å². The number of alkyl halides is 3. The van der Waals surface area contributed by atoms with Crippen molar-refractivity contribution in [3.8, 4) is 5.75 Å². The predicted octanol–water partition coefficient (Wildman–Crippen LogP) is 3.82. The molecule has 1 atom stereocenters. The molecule has 2 aliphatic heterocycles. The van der Waals surface area contributed by atoms with E-state index in [0.717, 1.165) is 53.8 Å². The van der Waals surface area contributed by atoms with E-state index in [1.165, 1.54) is 6.07 Å². The molecule has 1 aromatic heterocycles. The van der Waals surface area contributed by atoms with Crippen molar-refractivity contribution in [3.63, 3.8) is 0 Å². The number of aromatic nitrogens is 1. The molecule has 1 amide bonds. The summed E-state index contributed by atoms with van der Waals surface area (Å²) in [5.74, 6) is 0.0790. The van der Waals surface area contributed by atoms with Gasteiger partial charge in [0.2, 0.25) is 5.91 Å². The fourth-order valence-electron chi connectivity index (χ4n) is 3.79. The van der Waals surface area contributed by atoms with Gasteiger partial charge in [-0.05, 0) is 48.7 Å². The highest BCUT2D eigenvalue weighted by molar-refractivity contribution is 5.81. The summed E-state index contributed by atoms with van der Waals surface area (Å²) in [6.07, 6.45) is -1.36. The van der Waals surface area contributed by atoms with Crippen LogP contribution in [0.1, 0.15) is 61.1 Å². The van der Waals surface area contributed by atoms with Crippen LogP contribution in [0, 0.1) is 0 Å². The van der Waals surface area contributed by atoms with Gasteiger partial charge in [-0.25, -0.2) is 4.98 Å². The smallest absolute Gasteiger partial charge is 0.416 e. The Balaban J connectivity index is 0.000000295. The number of phenolic OH excluding ortho intramolecular Hbond substituents is 1. The Morgan fingerprint density at radius 2 is 1.86 bits per heavy atom. The summed E-state index contributed by atoms with van der Waals surface area (Å²) in [4.78, 5) is 16.7. The number of aromatic hydroxyl groups is 1. The van der Waals surface area contributed by atoms with Crippen LogP contribution in [0.2, 0.25) is 0 Å². The molecule has 2 aliphatic rings. The third kappa shape index (κ3) is 8.07. The molecule has 36 heavy (non-hydrogen) atoms. The van der Waals surface area contributed by atoms with Crippen LogP contribution < -0.4 is 16.8 Å². The van der Waals surface area contributed by atoms with Gasteiger partial charge in [-0.3, -0.25) is 4.79 Å². The normalized spacial score (nSPS) is 16.0. The molecule has 0 aliphatic carbocycles. The van der Waals surface area contributed by atoms with E-state index in [4.69, 9.17) is 26.0 Å². The Morgan fingerprint density at radius 1 is 1.14 bits per heavy atom. The van der Waals surface area contributed by atoms with Crippen LogP contribution in [-0.4, -0.2) is 35.2 Å². The van der Waals surface area contributed by atoms with Crippen molar-refractivity contribution in [3.05, 3.63) is 52.2 Å². The summed E-state index contributed by atoms with van der Waals surface area (Å²) < 4.78 is 46.7. The third-order valence-corrected chi connectivity index (χ3v) is 5.59. The number of amides is 1. The maximum atomic E-state index is 12.3. The summed E-state index contributed by atoms with van der Waals surface area (Å²) in [6.45, 7) is 6.71. The van der Waals surface area contributed by atoms with Gasteiger partial charge in [-0.15, -0.1) is 0 Å². The van der Waals surface area contributed by atoms with E-state index >= 15 is 0 Å². The van der Waals surface area contributed by atoms with Crippen LogP contribution in [0.4, 0.5) is 19.0 Å². The van der Waals surface area contributed by atoms with E-state index in [2.05, 4.69) is 10.3 Å². The maximum Gasteiger partial charge on any atom is 0.416 e. The molecular formula is C25H35F3N4O4. The van der Waals surface area contributed by atoms with Crippen LogP contribution >= 0.6 is 0 Å². The minimum absolute atomic E-state index is 0.0621. The fraction of sp³-hybridized carbons (Fsp3) is 0.520. The molecule has 1 aromatic carbocycles. The van der Waals surface area contributed by atoms with Crippen LogP contribution in [0.3, 0.4) is 0 Å². The van der Waals surface area contributed by atoms with Crippen molar-refractivity contribution < 1.29 is 32.5 Å². The van der Waals surface area contributed by atoms with Crippen LogP contribution in [0.15, 0.2) is 24.3 Å². The first-order valence-corrected chi connectivity index (χ1v) is 12.0. The lowest BCUT2D eigenvalue weighted by atomic mass is 9.95. The maximum absolute atomic E-state index is 12.3. The van der Waals surface area contributed by atoms with Gasteiger partial charge in [0.1, 0.15) is 17.7 Å². The lowest BCUT2D eigenvalue weighted by Gasteiger charge is -2.26. The average molecular weight is 513 g/mol. The first-order valence-electron chi connectivity index (χ1n) is 12.0. The second-order valence-corrected chi connectivity index (χ2v) is 8.06. The molecule has 0 bridgehead atoms. The second-order valence-electron chi connectivity index (χ2n) is 8.06. The van der Waals surface area contributed by atoms with Gasteiger partial charge in [0.15, 0.2) is 0 Å². The predicted molar refractivity (Wildman–Crippen MR) is 130 cm³/mol. The lowest BCUT2D eigenvalue weighted by Crippen LogP contribution is -2.40. The summed E-state index contributed by atoms with van der Waals surface area (Å²) in [7, 11) is 0. The molecule has 0 saturated heterocycles. The molecule has 0 fully saturated rings. The van der Waals surface area contributed by atoms with E-state index < -0.39 is 17.8 Å². The first-order chi connectivity index (χ1) is 17.2. The molecule has 2 aromatic rings. The molecule has 0 spiro atoms. The van der Waals surface area contributed by atoms with Crippen molar-refractivity contribution in [2.45, 2.75) is 71.6 Å². The van der Waals surface area contributed by atoms with E-state index in [0.29, 0.717) is 51.2 Å². The highest BCUT2D eigenvalue weighted by Gasteiger charge is 2.32. The molecule has 4 rings (SSSR count). The van der Waals surface area contributed by atoms with Crippen LogP contribution in [0.25, 0.3) is 0 Å². The summed E-state index contributed by atoms with van der Waals surface area (Å²) >= 11 is 0. The number of rotatable bonds is 6. The van der Waals surface area contributed by atoms with Crippen molar-refractivity contribution in [1.82, 2.24) is 10.3 Å². The Labute approximate surface area is 209 Å². The topological polar surface area (TPSA) is 133 Å². The number of carbonyl (C=O) groups is 1. The second kappa shape index (κ2) is 14.0. The monoisotopic (exact) mass is 512 g/mol. The molecule has 6 N–H and O–H groups in total. The summed E-state index contributed by atoms with van der Waals surface area (Å²) in [5.41, 5.74) is 14.5. The number of unbranched alkanes of at least 4 members (excludes halogenated alkanes) is 2. The average Bonchev–Trinajstić information content (AvgIpc) is 3.36. The number of hydrogen-bond acceptors (Lipinski definition) is 7. The minimum Gasteiger partial charge on any atom is -0.508 e.